The highest BCUT2D eigenvalue weighted by atomic mass is 19.4. The van der Waals surface area contributed by atoms with Crippen LogP contribution in [0.5, 0.6) is 0 Å². The summed E-state index contributed by atoms with van der Waals surface area (Å²) in [5.41, 5.74) is -3.98. The number of hydrogen-bond acceptors (Lipinski definition) is 2. The molecule has 0 aliphatic heterocycles. The van der Waals surface area contributed by atoms with Crippen molar-refractivity contribution in [2.75, 3.05) is 0 Å². The minimum atomic E-state index is -4.91. The van der Waals surface area contributed by atoms with Crippen LogP contribution in [0.3, 0.4) is 0 Å². The number of alkyl halides is 3. The second kappa shape index (κ2) is 4.04. The summed E-state index contributed by atoms with van der Waals surface area (Å²) in [5, 5.41) is 9.07. The van der Waals surface area contributed by atoms with Gasteiger partial charge in [-0.05, 0) is 6.07 Å². The minimum Gasteiger partial charge on any atom is -0.481 e. The normalized spacial score (nSPS) is 18.0. The van der Waals surface area contributed by atoms with Crippen LogP contribution in [-0.4, -0.2) is 16.9 Å². The van der Waals surface area contributed by atoms with Gasteiger partial charge in [-0.3, -0.25) is 9.59 Å². The zero-order valence-electron chi connectivity index (χ0n) is 9.42. The zero-order chi connectivity index (χ0) is 14.4. The lowest BCUT2D eigenvalue weighted by molar-refractivity contribution is -0.153. The van der Waals surface area contributed by atoms with Crippen LogP contribution >= 0.6 is 0 Å². The van der Waals surface area contributed by atoms with E-state index in [1.165, 1.54) is 0 Å². The van der Waals surface area contributed by atoms with Crippen LogP contribution in [0.2, 0.25) is 0 Å². The van der Waals surface area contributed by atoms with E-state index in [1.807, 2.05) is 0 Å². The molecule has 0 spiro atoms. The smallest absolute Gasteiger partial charge is 0.419 e. The van der Waals surface area contributed by atoms with Gasteiger partial charge in [0, 0.05) is 18.4 Å². The fourth-order valence-electron chi connectivity index (χ4n) is 2.20. The molecular weight excluding hydrogens is 268 g/mol. The van der Waals surface area contributed by atoms with Gasteiger partial charge in [0.15, 0.2) is 0 Å². The van der Waals surface area contributed by atoms with Crippen molar-refractivity contribution < 1.29 is 32.3 Å². The van der Waals surface area contributed by atoms with Crippen molar-refractivity contribution in [3.8, 4) is 0 Å². The van der Waals surface area contributed by atoms with E-state index in [0.29, 0.717) is 6.07 Å². The van der Waals surface area contributed by atoms with Gasteiger partial charge in [-0.25, -0.2) is 4.39 Å². The third kappa shape index (κ3) is 1.98. The van der Waals surface area contributed by atoms with E-state index >= 15 is 0 Å². The van der Waals surface area contributed by atoms with E-state index in [2.05, 4.69) is 0 Å². The van der Waals surface area contributed by atoms with Gasteiger partial charge in [-0.1, -0.05) is 12.1 Å². The van der Waals surface area contributed by atoms with E-state index in [0.717, 1.165) is 12.1 Å². The van der Waals surface area contributed by atoms with Crippen LogP contribution in [0.1, 0.15) is 24.0 Å². The van der Waals surface area contributed by atoms with Gasteiger partial charge >= 0.3 is 12.1 Å². The van der Waals surface area contributed by atoms with E-state index in [1.54, 1.807) is 0 Å². The maximum absolute atomic E-state index is 13.9. The highest BCUT2D eigenvalue weighted by molar-refractivity contribution is 6.01. The van der Waals surface area contributed by atoms with Crippen LogP contribution in [0.15, 0.2) is 18.2 Å². The van der Waals surface area contributed by atoms with Crippen LogP contribution in [0.25, 0.3) is 0 Å². The van der Waals surface area contributed by atoms with Crippen LogP contribution in [0, 0.1) is 5.82 Å². The number of carbonyl (C=O) groups excluding carboxylic acids is 1. The molecule has 1 aromatic rings. The molecule has 0 saturated heterocycles. The molecule has 0 atom stereocenters. The molecule has 0 bridgehead atoms. The number of benzene rings is 1. The largest absolute Gasteiger partial charge is 0.481 e. The Kier molecular flexibility index (Phi) is 2.87. The van der Waals surface area contributed by atoms with Crippen molar-refractivity contribution in [1.82, 2.24) is 0 Å². The molecule has 1 fully saturated rings. The van der Waals surface area contributed by atoms with E-state index in [9.17, 15) is 27.2 Å². The number of hydrogen-bond donors (Lipinski definition) is 1. The lowest BCUT2D eigenvalue weighted by Gasteiger charge is -2.37. The molecule has 1 aliphatic rings. The number of halogens is 4. The van der Waals surface area contributed by atoms with Crippen molar-refractivity contribution >= 4 is 11.8 Å². The Morgan fingerprint density at radius 3 is 2.26 bits per heavy atom. The predicted octanol–water partition coefficient (Wildman–Crippen LogP) is 2.53. The Bertz CT molecular complexity index is 555. The van der Waals surface area contributed by atoms with Gasteiger partial charge in [0.25, 0.3) is 0 Å². The van der Waals surface area contributed by atoms with Crippen LogP contribution in [-0.2, 0) is 21.2 Å². The molecule has 19 heavy (non-hydrogen) atoms. The first kappa shape index (κ1) is 13.5. The first-order valence-electron chi connectivity index (χ1n) is 5.30. The third-order valence-electron chi connectivity index (χ3n) is 3.23. The molecule has 0 radical (unpaired) electrons. The Balaban J connectivity index is 2.58. The van der Waals surface area contributed by atoms with Gasteiger partial charge in [-0.15, -0.1) is 0 Å². The highest BCUT2D eigenvalue weighted by Gasteiger charge is 2.53. The van der Waals surface area contributed by atoms with E-state index < -0.39 is 53.1 Å². The first-order valence-corrected chi connectivity index (χ1v) is 5.30. The number of carbonyl (C=O) groups is 2. The van der Waals surface area contributed by atoms with Gasteiger partial charge in [-0.2, -0.15) is 13.2 Å². The van der Waals surface area contributed by atoms with Crippen LogP contribution < -0.4 is 0 Å². The second-order valence-corrected chi connectivity index (χ2v) is 4.44. The molecule has 1 aromatic carbocycles. The fourth-order valence-corrected chi connectivity index (χ4v) is 2.20. The summed E-state index contributed by atoms with van der Waals surface area (Å²) in [7, 11) is 0. The summed E-state index contributed by atoms with van der Waals surface area (Å²) in [6.07, 6.45) is -5.88. The maximum atomic E-state index is 13.9. The second-order valence-electron chi connectivity index (χ2n) is 4.44. The minimum absolute atomic E-state index is 0.417. The molecule has 3 nitrogen and oxygen atoms in total. The lowest BCUT2D eigenvalue weighted by atomic mass is 9.63. The van der Waals surface area contributed by atoms with Gasteiger partial charge in [0.05, 0.1) is 5.56 Å². The number of carboxylic acids is 1. The molecule has 0 unspecified atom stereocenters. The maximum Gasteiger partial charge on any atom is 0.419 e. The Labute approximate surface area is 104 Å². The molecule has 2 rings (SSSR count). The van der Waals surface area contributed by atoms with Gasteiger partial charge < -0.3 is 5.11 Å². The van der Waals surface area contributed by atoms with E-state index in [-0.39, 0.29) is 0 Å². The molecule has 7 heteroatoms. The van der Waals surface area contributed by atoms with Crippen LogP contribution in [0.4, 0.5) is 17.6 Å². The molecular formula is C12H8F4O3. The number of carboxylic acid groups (broad SMARTS) is 1. The molecule has 0 amide bonds. The average Bonchev–Trinajstić information content (AvgIpc) is 2.23. The molecule has 102 valence electrons. The molecule has 0 aromatic heterocycles. The number of Topliss-reactive ketones (excluding diaryl/α,β-unsaturated/α-hetero) is 1. The van der Waals surface area contributed by atoms with Crippen molar-refractivity contribution in [1.29, 1.82) is 0 Å². The Morgan fingerprint density at radius 1 is 1.26 bits per heavy atom. The quantitative estimate of drug-likeness (QED) is 0.844. The molecule has 0 heterocycles. The fraction of sp³-hybridized carbons (Fsp3) is 0.333. The summed E-state index contributed by atoms with van der Waals surface area (Å²) in [4.78, 5) is 22.1. The third-order valence-corrected chi connectivity index (χ3v) is 3.23. The average molecular weight is 276 g/mol. The summed E-state index contributed by atoms with van der Waals surface area (Å²) in [6.45, 7) is 0. The predicted molar refractivity (Wildman–Crippen MR) is 55.0 cm³/mol. The standard InChI is InChI=1S/C12H8F4O3/c13-9-7(2-1-3-8(9)12(14,15)16)11(10(18)19)4-6(17)5-11/h1-3H,4-5H2,(H,18,19). The molecule has 1 aliphatic carbocycles. The van der Waals surface area contributed by atoms with Crippen molar-refractivity contribution in [2.24, 2.45) is 0 Å². The lowest BCUT2D eigenvalue weighted by Crippen LogP contribution is -2.49. The summed E-state index contributed by atoms with van der Waals surface area (Å²) < 4.78 is 51.6. The number of ketones is 1. The summed E-state index contributed by atoms with van der Waals surface area (Å²) in [6, 6.07) is 2.45. The van der Waals surface area contributed by atoms with Crippen molar-refractivity contribution in [3.63, 3.8) is 0 Å². The summed E-state index contributed by atoms with van der Waals surface area (Å²) in [5.74, 6) is -3.53. The topological polar surface area (TPSA) is 54.4 Å². The molecule has 1 saturated carbocycles. The van der Waals surface area contributed by atoms with Crippen molar-refractivity contribution in [3.05, 3.63) is 35.1 Å². The number of rotatable bonds is 2. The van der Waals surface area contributed by atoms with Crippen molar-refractivity contribution in [2.45, 2.75) is 24.4 Å². The monoisotopic (exact) mass is 276 g/mol. The van der Waals surface area contributed by atoms with Gasteiger partial charge in [0.2, 0.25) is 0 Å². The zero-order valence-corrected chi connectivity index (χ0v) is 9.42. The Hall–Kier alpha value is -1.92. The summed E-state index contributed by atoms with van der Waals surface area (Å²) >= 11 is 0. The molecule has 1 N–H and O–H groups in total. The van der Waals surface area contributed by atoms with Gasteiger partial charge in [0.1, 0.15) is 17.0 Å². The Morgan fingerprint density at radius 2 is 1.84 bits per heavy atom. The van der Waals surface area contributed by atoms with E-state index in [4.69, 9.17) is 5.11 Å². The number of aliphatic carboxylic acids is 1. The SMILES string of the molecule is O=C1CC(C(=O)O)(c2cccc(C(F)(F)F)c2F)C1. The first-order chi connectivity index (χ1) is 8.68. The highest BCUT2D eigenvalue weighted by Crippen LogP contribution is 2.44.